The molecule has 4 rings (SSSR count). The Morgan fingerprint density at radius 2 is 1.92 bits per heavy atom. The highest BCUT2D eigenvalue weighted by Crippen LogP contribution is 2.28. The zero-order valence-electron chi connectivity index (χ0n) is 20.9. The van der Waals surface area contributed by atoms with Crippen molar-refractivity contribution in [3.05, 3.63) is 81.6 Å². The number of hydrogen-bond acceptors (Lipinski definition) is 9. The zero-order valence-corrected chi connectivity index (χ0v) is 22.6. The average Bonchev–Trinajstić information content (AvgIpc) is 3.53. The third-order valence-electron chi connectivity index (χ3n) is 5.69. The molecule has 0 saturated heterocycles. The molecule has 0 bridgehead atoms. The molecule has 37 heavy (non-hydrogen) atoms. The number of rotatable bonds is 9. The van der Waals surface area contributed by atoms with Crippen LogP contribution in [0.3, 0.4) is 0 Å². The predicted octanol–water partition coefficient (Wildman–Crippen LogP) is 3.10. The van der Waals surface area contributed by atoms with Gasteiger partial charge in [0.15, 0.2) is 0 Å². The molecule has 3 N–H and O–H groups in total. The van der Waals surface area contributed by atoms with Crippen molar-refractivity contribution in [3.63, 3.8) is 0 Å². The molecule has 0 aliphatic heterocycles. The van der Waals surface area contributed by atoms with Gasteiger partial charge in [-0.05, 0) is 51.1 Å². The minimum atomic E-state index is -3.87. The quantitative estimate of drug-likeness (QED) is 0.330. The fourth-order valence-electron chi connectivity index (χ4n) is 3.76. The molecule has 0 aliphatic carbocycles. The Kier molecular flexibility index (Phi) is 7.55. The Labute approximate surface area is 219 Å². The van der Waals surface area contributed by atoms with E-state index in [-0.39, 0.29) is 40.3 Å². The van der Waals surface area contributed by atoms with E-state index >= 15 is 0 Å². The molecule has 12 heteroatoms. The van der Waals surface area contributed by atoms with E-state index in [0.29, 0.717) is 6.42 Å². The topological polar surface area (TPSA) is 144 Å². The monoisotopic (exact) mass is 540 g/mol. The van der Waals surface area contributed by atoms with E-state index in [4.69, 9.17) is 10.2 Å². The molecule has 10 nitrogen and oxygen atoms in total. The molecule has 2 aromatic heterocycles. The summed E-state index contributed by atoms with van der Waals surface area (Å²) in [6.45, 7) is 3.94. The normalized spacial score (nSPS) is 13.3. The summed E-state index contributed by atoms with van der Waals surface area (Å²) in [5, 5.41) is 10.9. The molecule has 0 radical (unpaired) electrons. The van der Waals surface area contributed by atoms with Crippen LogP contribution in [-0.2, 0) is 28.5 Å². The third-order valence-corrected chi connectivity index (χ3v) is 8.04. The maximum Gasteiger partial charge on any atom is 0.254 e. The fourth-order valence-corrected chi connectivity index (χ4v) is 5.38. The van der Waals surface area contributed by atoms with Crippen molar-refractivity contribution in [3.8, 4) is 11.5 Å². The van der Waals surface area contributed by atoms with Gasteiger partial charge in [-0.25, -0.2) is 18.1 Å². The number of carbonyl (C=O) groups is 1. The van der Waals surface area contributed by atoms with Crippen LogP contribution in [0.2, 0.25) is 0 Å². The van der Waals surface area contributed by atoms with E-state index in [2.05, 4.69) is 19.9 Å². The van der Waals surface area contributed by atoms with Gasteiger partial charge in [0, 0.05) is 29.2 Å². The van der Waals surface area contributed by atoms with Crippen molar-refractivity contribution in [2.45, 2.75) is 37.2 Å². The third kappa shape index (κ3) is 6.10. The molecule has 0 fully saturated rings. The summed E-state index contributed by atoms with van der Waals surface area (Å²) in [6.07, 6.45) is 0.453. The van der Waals surface area contributed by atoms with E-state index in [1.807, 2.05) is 42.6 Å². The molecular weight excluding hydrogens is 512 g/mol. The Bertz CT molecular complexity index is 1510. The number of carbonyl (C=O) groups excluding carboxylic acids is 1. The summed E-state index contributed by atoms with van der Waals surface area (Å²) < 4.78 is 33.5. The van der Waals surface area contributed by atoms with E-state index < -0.39 is 15.6 Å². The summed E-state index contributed by atoms with van der Waals surface area (Å²) in [5.41, 5.74) is 7.85. The Balaban J connectivity index is 1.68. The van der Waals surface area contributed by atoms with Crippen molar-refractivity contribution in [2.24, 2.45) is 5.73 Å². The summed E-state index contributed by atoms with van der Waals surface area (Å²) in [5.74, 6) is -0.132. The molecule has 1 amide bonds. The summed E-state index contributed by atoms with van der Waals surface area (Å²) in [7, 11) is -0.942. The minimum Gasteiger partial charge on any atom is -0.419 e. The smallest absolute Gasteiger partial charge is 0.254 e. The lowest BCUT2D eigenvalue weighted by atomic mass is 9.94. The van der Waals surface area contributed by atoms with Crippen molar-refractivity contribution in [1.82, 2.24) is 24.8 Å². The highest BCUT2D eigenvalue weighted by atomic mass is 32.2. The molecule has 1 atom stereocenters. The Hall–Kier alpha value is -3.45. The predicted molar refractivity (Wildman–Crippen MR) is 140 cm³/mol. The van der Waals surface area contributed by atoms with Crippen molar-refractivity contribution < 1.29 is 17.6 Å². The Morgan fingerprint density at radius 3 is 2.57 bits per heavy atom. The number of hydrogen-bond donors (Lipinski definition) is 2. The first kappa shape index (κ1) is 26.6. The van der Waals surface area contributed by atoms with Crippen LogP contribution < -0.4 is 10.5 Å². The van der Waals surface area contributed by atoms with Gasteiger partial charge in [0.2, 0.25) is 21.8 Å². The minimum absolute atomic E-state index is 0.0557. The lowest BCUT2D eigenvalue weighted by Gasteiger charge is -2.20. The van der Waals surface area contributed by atoms with Gasteiger partial charge in [0.1, 0.15) is 5.01 Å². The number of sulfonamides is 1. The Morgan fingerprint density at radius 1 is 1.19 bits per heavy atom. The number of nitrogens with two attached hydrogens (primary N) is 1. The van der Waals surface area contributed by atoms with Crippen molar-refractivity contribution in [2.75, 3.05) is 14.1 Å². The molecule has 0 spiro atoms. The second kappa shape index (κ2) is 10.5. The molecule has 2 aromatic carbocycles. The number of benzene rings is 2. The largest absolute Gasteiger partial charge is 0.419 e. The van der Waals surface area contributed by atoms with Gasteiger partial charge in [-0.1, -0.05) is 30.3 Å². The van der Waals surface area contributed by atoms with Gasteiger partial charge in [-0.3, -0.25) is 4.79 Å². The van der Waals surface area contributed by atoms with Gasteiger partial charge in [0.05, 0.1) is 17.0 Å². The molecule has 0 saturated carbocycles. The van der Waals surface area contributed by atoms with Crippen LogP contribution >= 0.6 is 11.3 Å². The van der Waals surface area contributed by atoms with E-state index in [1.54, 1.807) is 14.0 Å². The van der Waals surface area contributed by atoms with Gasteiger partial charge < -0.3 is 15.1 Å². The van der Waals surface area contributed by atoms with Crippen LogP contribution in [0.1, 0.15) is 39.4 Å². The van der Waals surface area contributed by atoms with E-state index in [1.165, 1.54) is 41.5 Å². The zero-order chi connectivity index (χ0) is 26.8. The summed E-state index contributed by atoms with van der Waals surface area (Å²) in [4.78, 5) is 19.0. The van der Waals surface area contributed by atoms with Gasteiger partial charge in [0.25, 0.3) is 5.91 Å². The molecule has 2 heterocycles. The van der Waals surface area contributed by atoms with Crippen molar-refractivity contribution in [1.29, 1.82) is 0 Å². The molecule has 0 unspecified atom stereocenters. The van der Waals surface area contributed by atoms with Crippen LogP contribution in [0.25, 0.3) is 11.5 Å². The van der Waals surface area contributed by atoms with E-state index in [9.17, 15) is 13.2 Å². The number of aryl methyl sites for hydroxylation is 1. The number of amides is 1. The second-order valence-electron chi connectivity index (χ2n) is 8.99. The SMILES string of the molecule is CNS(=O)(=O)c1cc(C(=O)N(C)Cc2nc(C)cs2)cc(-c2nnc([C@](C)(N)Cc3ccccc3)o2)c1. The number of nitrogens with one attached hydrogen (secondary N) is 1. The first-order valence-electron chi connectivity index (χ1n) is 11.4. The van der Waals surface area contributed by atoms with Crippen LogP contribution in [-0.4, -0.2) is 48.5 Å². The van der Waals surface area contributed by atoms with Crippen LogP contribution in [0.15, 0.2) is 63.2 Å². The van der Waals surface area contributed by atoms with Crippen LogP contribution in [0.4, 0.5) is 0 Å². The fraction of sp³-hybridized carbons (Fsp3) is 0.280. The lowest BCUT2D eigenvalue weighted by molar-refractivity contribution is 0.0784. The lowest BCUT2D eigenvalue weighted by Crippen LogP contribution is -2.35. The summed E-state index contributed by atoms with van der Waals surface area (Å²) in [6, 6.07) is 13.9. The van der Waals surface area contributed by atoms with Gasteiger partial charge >= 0.3 is 0 Å². The highest BCUT2D eigenvalue weighted by Gasteiger charge is 2.29. The summed E-state index contributed by atoms with van der Waals surface area (Å²) >= 11 is 1.45. The number of aromatic nitrogens is 3. The molecular formula is C25H28N6O4S2. The standard InChI is InChI=1S/C25H28N6O4S2/c1-16-15-36-21(28-16)14-31(4)23(32)19-10-18(11-20(12-19)37(33,34)27-3)22-29-30-24(35-22)25(2,26)13-17-8-6-5-7-9-17/h5-12,15,27H,13-14,26H2,1-4H3/t25-/m1/s1. The maximum absolute atomic E-state index is 13.3. The van der Waals surface area contributed by atoms with Gasteiger partial charge in [-0.15, -0.1) is 21.5 Å². The van der Waals surface area contributed by atoms with Crippen molar-refractivity contribution >= 4 is 27.3 Å². The first-order valence-corrected chi connectivity index (χ1v) is 13.8. The number of nitrogens with zero attached hydrogens (tertiary/aromatic N) is 4. The molecule has 4 aromatic rings. The first-order chi connectivity index (χ1) is 17.5. The molecule has 194 valence electrons. The maximum atomic E-state index is 13.3. The molecule has 0 aliphatic rings. The highest BCUT2D eigenvalue weighted by molar-refractivity contribution is 7.89. The van der Waals surface area contributed by atoms with Gasteiger partial charge in [-0.2, -0.15) is 0 Å². The van der Waals surface area contributed by atoms with Crippen LogP contribution in [0.5, 0.6) is 0 Å². The second-order valence-corrected chi connectivity index (χ2v) is 11.8. The van der Waals surface area contributed by atoms with E-state index in [0.717, 1.165) is 16.3 Å². The van der Waals surface area contributed by atoms with Crippen LogP contribution in [0, 0.1) is 6.92 Å². The average molecular weight is 541 g/mol. The number of thiazole rings is 1.